The summed E-state index contributed by atoms with van der Waals surface area (Å²) < 4.78 is 0. The molecule has 26 heavy (non-hydrogen) atoms. The van der Waals surface area contributed by atoms with E-state index in [-0.39, 0.29) is 0 Å². The van der Waals surface area contributed by atoms with Gasteiger partial charge in [-0.1, -0.05) is 42.5 Å². The fourth-order valence-corrected chi connectivity index (χ4v) is 3.13. The van der Waals surface area contributed by atoms with E-state index in [1.807, 2.05) is 54.8 Å². The molecule has 3 rings (SSSR count). The summed E-state index contributed by atoms with van der Waals surface area (Å²) in [5.41, 5.74) is 3.43. The molecule has 0 saturated carbocycles. The zero-order valence-electron chi connectivity index (χ0n) is 14.6. The molecule has 0 aliphatic heterocycles. The second-order valence-corrected chi connectivity index (χ2v) is 6.99. The number of aryl methyl sites for hydroxylation is 1. The van der Waals surface area contributed by atoms with Crippen LogP contribution in [0.4, 0.5) is 5.69 Å². The maximum atomic E-state index is 12.2. The number of carbonyl (C=O) groups excluding carboxylic acids is 2. The van der Waals surface area contributed by atoms with Crippen LogP contribution in [0.1, 0.15) is 10.6 Å². The highest BCUT2D eigenvalue weighted by Gasteiger charge is 2.19. The van der Waals surface area contributed by atoms with Crippen molar-refractivity contribution < 1.29 is 9.59 Å². The Hall–Kier alpha value is -2.99. The van der Waals surface area contributed by atoms with Gasteiger partial charge in [-0.15, -0.1) is 11.3 Å². The number of rotatable bonds is 4. The highest BCUT2D eigenvalue weighted by Crippen LogP contribution is 2.23. The van der Waals surface area contributed by atoms with Crippen molar-refractivity contribution >= 4 is 28.8 Å². The van der Waals surface area contributed by atoms with Crippen LogP contribution in [-0.4, -0.2) is 28.7 Å². The first-order valence-corrected chi connectivity index (χ1v) is 9.04. The van der Waals surface area contributed by atoms with E-state index in [0.717, 1.165) is 21.8 Å². The smallest absolute Gasteiger partial charge is 0.313 e. The Morgan fingerprint density at radius 1 is 1.08 bits per heavy atom. The summed E-state index contributed by atoms with van der Waals surface area (Å²) in [6.07, 6.45) is 0. The summed E-state index contributed by atoms with van der Waals surface area (Å²) in [4.78, 5) is 30.3. The van der Waals surface area contributed by atoms with Gasteiger partial charge in [0, 0.05) is 30.2 Å². The zero-order chi connectivity index (χ0) is 18.5. The van der Waals surface area contributed by atoms with Crippen LogP contribution in [0.25, 0.3) is 11.3 Å². The minimum Gasteiger partial charge on any atom is -0.333 e. The monoisotopic (exact) mass is 365 g/mol. The van der Waals surface area contributed by atoms with Gasteiger partial charge in [0.05, 0.1) is 10.7 Å². The van der Waals surface area contributed by atoms with Gasteiger partial charge in [-0.25, -0.2) is 4.98 Å². The van der Waals surface area contributed by atoms with Crippen LogP contribution in [-0.2, 0) is 16.1 Å². The molecular formula is C20H19N3O2S. The Bertz CT molecular complexity index is 904. The van der Waals surface area contributed by atoms with Gasteiger partial charge in [-0.05, 0) is 24.6 Å². The average molecular weight is 365 g/mol. The number of thiazole rings is 1. The first kappa shape index (κ1) is 17.8. The van der Waals surface area contributed by atoms with Gasteiger partial charge >= 0.3 is 11.8 Å². The van der Waals surface area contributed by atoms with E-state index in [9.17, 15) is 9.59 Å². The number of benzene rings is 2. The molecule has 0 aliphatic carbocycles. The van der Waals surface area contributed by atoms with Gasteiger partial charge in [0.2, 0.25) is 0 Å². The van der Waals surface area contributed by atoms with Crippen molar-refractivity contribution in [3.05, 3.63) is 70.5 Å². The van der Waals surface area contributed by atoms with Crippen molar-refractivity contribution in [1.82, 2.24) is 9.88 Å². The highest BCUT2D eigenvalue weighted by molar-refractivity contribution is 7.09. The van der Waals surface area contributed by atoms with Crippen LogP contribution in [0.2, 0.25) is 0 Å². The Morgan fingerprint density at radius 3 is 2.38 bits per heavy atom. The SMILES string of the molecule is Cc1nc(-c2ccc(NC(=O)C(=O)N(C)Cc3ccccc3)cc2)cs1. The summed E-state index contributed by atoms with van der Waals surface area (Å²) in [7, 11) is 1.61. The molecule has 0 atom stereocenters. The molecule has 2 aromatic carbocycles. The topological polar surface area (TPSA) is 62.3 Å². The normalized spacial score (nSPS) is 10.4. The van der Waals surface area contributed by atoms with Crippen molar-refractivity contribution in [2.24, 2.45) is 0 Å². The lowest BCUT2D eigenvalue weighted by Crippen LogP contribution is -2.36. The fourth-order valence-electron chi connectivity index (χ4n) is 2.51. The van der Waals surface area contributed by atoms with E-state index in [1.165, 1.54) is 4.90 Å². The summed E-state index contributed by atoms with van der Waals surface area (Å²) >= 11 is 1.59. The molecule has 0 unspecified atom stereocenters. The molecule has 1 N–H and O–H groups in total. The van der Waals surface area contributed by atoms with E-state index in [2.05, 4.69) is 10.3 Å². The van der Waals surface area contributed by atoms with Gasteiger partial charge in [0.1, 0.15) is 0 Å². The van der Waals surface area contributed by atoms with E-state index in [1.54, 1.807) is 30.5 Å². The number of amides is 2. The van der Waals surface area contributed by atoms with E-state index >= 15 is 0 Å². The third-order valence-corrected chi connectivity index (χ3v) is 4.63. The van der Waals surface area contributed by atoms with Crippen molar-refractivity contribution in [3.8, 4) is 11.3 Å². The molecule has 0 spiro atoms. The lowest BCUT2D eigenvalue weighted by Gasteiger charge is -2.16. The third-order valence-electron chi connectivity index (χ3n) is 3.86. The molecule has 3 aromatic rings. The van der Waals surface area contributed by atoms with E-state index in [4.69, 9.17) is 0 Å². The number of carbonyl (C=O) groups is 2. The summed E-state index contributed by atoms with van der Waals surface area (Å²) in [5, 5.41) is 5.64. The number of hydrogen-bond donors (Lipinski definition) is 1. The number of nitrogens with one attached hydrogen (secondary N) is 1. The lowest BCUT2D eigenvalue weighted by molar-refractivity contribution is -0.142. The molecule has 132 valence electrons. The van der Waals surface area contributed by atoms with Crippen LogP contribution in [0.3, 0.4) is 0 Å². The standard InChI is InChI=1S/C20H19N3O2S/c1-14-21-18(13-26-14)16-8-10-17(11-9-16)22-19(24)20(25)23(2)12-15-6-4-3-5-7-15/h3-11,13H,12H2,1-2H3,(H,22,24). The quantitative estimate of drug-likeness (QED) is 0.717. The predicted octanol–water partition coefficient (Wildman–Crippen LogP) is 3.72. The Kier molecular flexibility index (Phi) is 5.43. The Morgan fingerprint density at radius 2 is 1.77 bits per heavy atom. The molecule has 0 fully saturated rings. The largest absolute Gasteiger partial charge is 0.333 e. The van der Waals surface area contributed by atoms with Crippen molar-refractivity contribution in [2.45, 2.75) is 13.5 Å². The van der Waals surface area contributed by atoms with Crippen molar-refractivity contribution in [2.75, 3.05) is 12.4 Å². The molecule has 2 amide bonds. The number of hydrogen-bond acceptors (Lipinski definition) is 4. The number of likely N-dealkylation sites (N-methyl/N-ethyl adjacent to an activating group) is 1. The maximum Gasteiger partial charge on any atom is 0.313 e. The first-order valence-electron chi connectivity index (χ1n) is 8.16. The summed E-state index contributed by atoms with van der Waals surface area (Å²) in [6, 6.07) is 16.8. The minimum atomic E-state index is -0.652. The van der Waals surface area contributed by atoms with Gasteiger partial charge in [-0.2, -0.15) is 0 Å². The second kappa shape index (κ2) is 7.93. The first-order chi connectivity index (χ1) is 12.5. The maximum absolute atomic E-state index is 12.2. The second-order valence-electron chi connectivity index (χ2n) is 5.93. The van der Waals surface area contributed by atoms with Crippen LogP contribution in [0.15, 0.2) is 60.0 Å². The number of aromatic nitrogens is 1. The van der Waals surface area contributed by atoms with E-state index in [0.29, 0.717) is 12.2 Å². The number of nitrogens with zero attached hydrogens (tertiary/aromatic N) is 2. The zero-order valence-corrected chi connectivity index (χ0v) is 15.4. The van der Waals surface area contributed by atoms with Crippen LogP contribution in [0.5, 0.6) is 0 Å². The molecule has 0 radical (unpaired) electrons. The molecule has 1 aromatic heterocycles. The molecule has 6 heteroatoms. The van der Waals surface area contributed by atoms with Gasteiger partial charge in [0.15, 0.2) is 0 Å². The Balaban J connectivity index is 1.61. The van der Waals surface area contributed by atoms with Gasteiger partial charge < -0.3 is 10.2 Å². The van der Waals surface area contributed by atoms with Gasteiger partial charge in [0.25, 0.3) is 0 Å². The molecule has 0 bridgehead atoms. The van der Waals surface area contributed by atoms with E-state index < -0.39 is 11.8 Å². The summed E-state index contributed by atoms with van der Waals surface area (Å²) in [5.74, 6) is -1.23. The molecule has 5 nitrogen and oxygen atoms in total. The molecule has 0 saturated heterocycles. The van der Waals surface area contributed by atoms with Crippen molar-refractivity contribution in [1.29, 1.82) is 0 Å². The lowest BCUT2D eigenvalue weighted by atomic mass is 10.1. The Labute approximate surface area is 156 Å². The fraction of sp³-hybridized carbons (Fsp3) is 0.150. The molecule has 0 aliphatic rings. The highest BCUT2D eigenvalue weighted by atomic mass is 32.1. The third kappa shape index (κ3) is 4.34. The van der Waals surface area contributed by atoms with Crippen LogP contribution >= 0.6 is 11.3 Å². The molecule has 1 heterocycles. The molecular weight excluding hydrogens is 346 g/mol. The van der Waals surface area contributed by atoms with Crippen molar-refractivity contribution in [3.63, 3.8) is 0 Å². The summed E-state index contributed by atoms with van der Waals surface area (Å²) in [6.45, 7) is 2.34. The average Bonchev–Trinajstić information content (AvgIpc) is 3.09. The minimum absolute atomic E-state index is 0.384. The predicted molar refractivity (Wildman–Crippen MR) is 104 cm³/mol. The van der Waals surface area contributed by atoms with Gasteiger partial charge in [-0.3, -0.25) is 9.59 Å². The number of anilines is 1. The van der Waals surface area contributed by atoms with Crippen LogP contribution in [0, 0.1) is 6.92 Å². The van der Waals surface area contributed by atoms with Crippen LogP contribution < -0.4 is 5.32 Å².